The molecule has 2 N–H and O–H groups in total. The molecule has 1 saturated carbocycles. The van der Waals surface area contributed by atoms with E-state index in [1.807, 2.05) is 0 Å². The Bertz CT molecular complexity index is 874. The number of halogens is 1. The summed E-state index contributed by atoms with van der Waals surface area (Å²) in [5.41, 5.74) is 0.489. The zero-order valence-corrected chi connectivity index (χ0v) is 18.9. The molecule has 1 aliphatic rings. The number of benzene rings is 1. The predicted molar refractivity (Wildman–Crippen MR) is 119 cm³/mol. The number of nitrogens with zero attached hydrogens (tertiary/aromatic N) is 2. The highest BCUT2D eigenvalue weighted by molar-refractivity contribution is 8.01. The molecule has 0 unspecified atom stereocenters. The summed E-state index contributed by atoms with van der Waals surface area (Å²) in [6, 6.07) is 5.30. The Labute approximate surface area is 188 Å². The topological polar surface area (TPSA) is 102 Å². The fourth-order valence-electron chi connectivity index (χ4n) is 3.00. The molecule has 1 aliphatic carbocycles. The molecule has 2 aromatic rings. The number of thioether (sulfide) groups is 1. The van der Waals surface area contributed by atoms with E-state index >= 15 is 0 Å². The van der Waals surface area contributed by atoms with E-state index in [1.54, 1.807) is 18.2 Å². The molecule has 1 heterocycles. The second-order valence-corrected chi connectivity index (χ2v) is 9.31. The van der Waals surface area contributed by atoms with Gasteiger partial charge in [-0.05, 0) is 31.0 Å². The van der Waals surface area contributed by atoms with Gasteiger partial charge in [-0.3, -0.25) is 9.59 Å². The number of nitrogens with one attached hydrogen (secondary N) is 2. The number of carbonyl (C=O) groups is 2. The average molecular weight is 471 g/mol. The molecule has 0 atom stereocenters. The molecular formula is C19H23ClN4O4S2. The molecule has 162 valence electrons. The molecule has 1 aromatic carbocycles. The summed E-state index contributed by atoms with van der Waals surface area (Å²) in [6.07, 6.45) is 6.08. The normalized spacial score (nSPS) is 14.2. The first-order valence-corrected chi connectivity index (χ1v) is 11.7. The van der Waals surface area contributed by atoms with Crippen LogP contribution in [0.1, 0.15) is 32.1 Å². The summed E-state index contributed by atoms with van der Waals surface area (Å²) >= 11 is 8.68. The van der Waals surface area contributed by atoms with Gasteiger partial charge in [0.05, 0.1) is 17.9 Å². The van der Waals surface area contributed by atoms with Crippen molar-refractivity contribution in [2.75, 3.05) is 30.1 Å². The van der Waals surface area contributed by atoms with Crippen molar-refractivity contribution in [1.29, 1.82) is 0 Å². The number of hydrogen-bond donors (Lipinski definition) is 2. The molecule has 1 aromatic heterocycles. The van der Waals surface area contributed by atoms with Crippen LogP contribution in [0.5, 0.6) is 5.75 Å². The van der Waals surface area contributed by atoms with Gasteiger partial charge in [-0.1, -0.05) is 54.0 Å². The summed E-state index contributed by atoms with van der Waals surface area (Å²) in [5, 5.41) is 15.4. The Morgan fingerprint density at radius 1 is 1.27 bits per heavy atom. The van der Waals surface area contributed by atoms with Gasteiger partial charge in [0.1, 0.15) is 5.75 Å². The lowest BCUT2D eigenvalue weighted by Crippen LogP contribution is -2.21. The van der Waals surface area contributed by atoms with Crippen molar-refractivity contribution in [3.63, 3.8) is 0 Å². The van der Waals surface area contributed by atoms with Crippen molar-refractivity contribution in [3.05, 3.63) is 23.2 Å². The maximum absolute atomic E-state index is 12.0. The van der Waals surface area contributed by atoms with E-state index in [4.69, 9.17) is 21.1 Å². The minimum absolute atomic E-state index is 0.0553. The number of aromatic nitrogens is 2. The van der Waals surface area contributed by atoms with Crippen LogP contribution in [-0.4, -0.2) is 47.6 Å². The molecule has 8 nitrogen and oxygen atoms in total. The third-order valence-corrected chi connectivity index (χ3v) is 6.71. The lowest BCUT2D eigenvalue weighted by molar-refractivity contribution is -0.144. The van der Waals surface area contributed by atoms with Crippen LogP contribution in [-0.2, 0) is 14.3 Å². The molecule has 0 saturated heterocycles. The van der Waals surface area contributed by atoms with E-state index in [-0.39, 0.29) is 12.4 Å². The Kier molecular flexibility index (Phi) is 8.59. The van der Waals surface area contributed by atoms with Crippen LogP contribution in [0.4, 0.5) is 10.8 Å². The standard InChI is InChI=1S/C19H23ClN4O4S2/c1-27-15-8-7-13(9-14(15)20)21-16(25)10-28-17(26)11-29-19-24-23-18(30-19)22-12-5-3-2-4-6-12/h7-9,12H,2-6,10-11H2,1H3,(H,21,25)(H,22,23). The van der Waals surface area contributed by atoms with Gasteiger partial charge < -0.3 is 20.1 Å². The predicted octanol–water partition coefficient (Wildman–Crippen LogP) is 4.22. The summed E-state index contributed by atoms with van der Waals surface area (Å²) in [6.45, 7) is -0.381. The highest BCUT2D eigenvalue weighted by Gasteiger charge is 2.16. The van der Waals surface area contributed by atoms with E-state index in [2.05, 4.69) is 20.8 Å². The molecule has 30 heavy (non-hydrogen) atoms. The Morgan fingerprint density at radius 2 is 2.07 bits per heavy atom. The number of amides is 1. The van der Waals surface area contributed by atoms with E-state index in [9.17, 15) is 9.59 Å². The number of methoxy groups -OCH3 is 1. The third kappa shape index (κ3) is 7.03. The first-order valence-electron chi connectivity index (χ1n) is 9.55. The molecule has 1 fully saturated rings. The second-order valence-electron chi connectivity index (χ2n) is 6.70. The van der Waals surface area contributed by atoms with Gasteiger partial charge in [0.25, 0.3) is 5.91 Å². The van der Waals surface area contributed by atoms with Gasteiger partial charge in [0.2, 0.25) is 5.13 Å². The van der Waals surface area contributed by atoms with E-state index in [1.165, 1.54) is 49.5 Å². The highest BCUT2D eigenvalue weighted by Crippen LogP contribution is 2.29. The van der Waals surface area contributed by atoms with Crippen LogP contribution in [0.3, 0.4) is 0 Å². The van der Waals surface area contributed by atoms with Crippen molar-refractivity contribution in [2.45, 2.75) is 42.5 Å². The second kappa shape index (κ2) is 11.4. The van der Waals surface area contributed by atoms with Gasteiger partial charge in [-0.15, -0.1) is 10.2 Å². The molecule has 1 amide bonds. The van der Waals surface area contributed by atoms with Crippen LogP contribution < -0.4 is 15.4 Å². The minimum Gasteiger partial charge on any atom is -0.495 e. The molecule has 0 radical (unpaired) electrons. The first kappa shape index (κ1) is 22.6. The third-order valence-electron chi connectivity index (χ3n) is 4.45. The Balaban J connectivity index is 1.36. The smallest absolute Gasteiger partial charge is 0.316 e. The van der Waals surface area contributed by atoms with Crippen molar-refractivity contribution >= 4 is 57.4 Å². The van der Waals surface area contributed by atoms with Crippen LogP contribution >= 0.6 is 34.7 Å². The zero-order chi connectivity index (χ0) is 21.3. The van der Waals surface area contributed by atoms with Gasteiger partial charge in [-0.2, -0.15) is 0 Å². The maximum atomic E-state index is 12.0. The SMILES string of the molecule is COc1ccc(NC(=O)COC(=O)CSc2nnc(NC3CCCCC3)s2)cc1Cl. The summed E-state index contributed by atoms with van der Waals surface area (Å²) in [5.74, 6) is -0.393. The van der Waals surface area contributed by atoms with Crippen LogP contribution in [0, 0.1) is 0 Å². The van der Waals surface area contributed by atoms with Gasteiger partial charge >= 0.3 is 5.97 Å². The van der Waals surface area contributed by atoms with Crippen molar-refractivity contribution in [2.24, 2.45) is 0 Å². The van der Waals surface area contributed by atoms with Crippen LogP contribution in [0.2, 0.25) is 5.02 Å². The summed E-state index contributed by atoms with van der Waals surface area (Å²) in [7, 11) is 1.51. The fourth-order valence-corrected chi connectivity index (χ4v) is 4.88. The molecular weight excluding hydrogens is 448 g/mol. The van der Waals surface area contributed by atoms with E-state index in [0.29, 0.717) is 26.8 Å². The Hall–Kier alpha value is -2.04. The molecule has 3 rings (SSSR count). The van der Waals surface area contributed by atoms with Crippen molar-refractivity contribution in [1.82, 2.24) is 10.2 Å². The lowest BCUT2D eigenvalue weighted by Gasteiger charge is -2.21. The van der Waals surface area contributed by atoms with Crippen molar-refractivity contribution < 1.29 is 19.1 Å². The molecule has 0 bridgehead atoms. The van der Waals surface area contributed by atoms with Gasteiger partial charge in [0.15, 0.2) is 10.9 Å². The monoisotopic (exact) mass is 470 g/mol. The van der Waals surface area contributed by atoms with Crippen molar-refractivity contribution in [3.8, 4) is 5.75 Å². The zero-order valence-electron chi connectivity index (χ0n) is 16.5. The number of carbonyl (C=O) groups excluding carboxylic acids is 2. The van der Waals surface area contributed by atoms with Gasteiger partial charge in [-0.25, -0.2) is 0 Å². The molecule has 0 spiro atoms. The Morgan fingerprint density at radius 3 is 2.80 bits per heavy atom. The maximum Gasteiger partial charge on any atom is 0.316 e. The van der Waals surface area contributed by atoms with E-state index in [0.717, 1.165) is 18.0 Å². The summed E-state index contributed by atoms with van der Waals surface area (Å²) in [4.78, 5) is 23.9. The van der Waals surface area contributed by atoms with Crippen LogP contribution in [0.15, 0.2) is 22.5 Å². The summed E-state index contributed by atoms with van der Waals surface area (Å²) < 4.78 is 10.8. The molecule has 0 aliphatic heterocycles. The van der Waals surface area contributed by atoms with Crippen LogP contribution in [0.25, 0.3) is 0 Å². The quantitative estimate of drug-likeness (QED) is 0.415. The number of rotatable bonds is 9. The minimum atomic E-state index is -0.500. The average Bonchev–Trinajstić information content (AvgIpc) is 3.19. The first-order chi connectivity index (χ1) is 14.5. The molecule has 11 heteroatoms. The number of ether oxygens (including phenoxy) is 2. The number of anilines is 2. The van der Waals surface area contributed by atoms with Gasteiger partial charge in [0, 0.05) is 11.7 Å². The highest BCUT2D eigenvalue weighted by atomic mass is 35.5. The fraction of sp³-hybridized carbons (Fsp3) is 0.474. The largest absolute Gasteiger partial charge is 0.495 e. The lowest BCUT2D eigenvalue weighted by atomic mass is 9.96. The number of hydrogen-bond acceptors (Lipinski definition) is 9. The number of esters is 1. The van der Waals surface area contributed by atoms with E-state index < -0.39 is 11.9 Å².